The van der Waals surface area contributed by atoms with Crippen LogP contribution in [0.5, 0.6) is 0 Å². The lowest BCUT2D eigenvalue weighted by molar-refractivity contribution is 0.567. The fraction of sp³-hybridized carbons (Fsp3) is 0.143. The second-order valence-corrected chi connectivity index (χ2v) is 6.58. The number of halogens is 1. The maximum atomic E-state index is 12.2. The van der Waals surface area contributed by atoms with Crippen LogP contribution in [0.15, 0.2) is 53.4 Å². The standard InChI is InChI=1S/C14H15ClN2O2S/c1-10(13-4-2-3-5-14(13)16)17-20(18,19)12-8-6-11(15)7-9-12/h2-10,17H,16H2,1H3. The SMILES string of the molecule is CC(NS(=O)(=O)c1ccc(Cl)cc1)c1ccccc1N. The zero-order chi connectivity index (χ0) is 14.8. The van der Waals surface area contributed by atoms with E-state index in [1.54, 1.807) is 25.1 Å². The summed E-state index contributed by atoms with van der Waals surface area (Å²) in [7, 11) is -3.61. The molecule has 0 aromatic heterocycles. The summed E-state index contributed by atoms with van der Waals surface area (Å²) in [5, 5.41) is 0.490. The van der Waals surface area contributed by atoms with Crippen molar-refractivity contribution in [3.63, 3.8) is 0 Å². The Labute approximate surface area is 123 Å². The largest absolute Gasteiger partial charge is 0.398 e. The quantitative estimate of drug-likeness (QED) is 0.853. The first-order chi connectivity index (χ1) is 9.40. The average Bonchev–Trinajstić information content (AvgIpc) is 2.39. The molecule has 0 heterocycles. The van der Waals surface area contributed by atoms with Crippen LogP contribution in [-0.4, -0.2) is 8.42 Å². The van der Waals surface area contributed by atoms with E-state index < -0.39 is 16.1 Å². The van der Waals surface area contributed by atoms with Gasteiger partial charge in [-0.3, -0.25) is 0 Å². The molecule has 0 aliphatic heterocycles. The van der Waals surface area contributed by atoms with Crippen LogP contribution < -0.4 is 10.5 Å². The molecule has 106 valence electrons. The number of para-hydroxylation sites is 1. The summed E-state index contributed by atoms with van der Waals surface area (Å²) >= 11 is 5.75. The molecule has 0 saturated carbocycles. The summed E-state index contributed by atoms with van der Waals surface area (Å²) in [6, 6.07) is 12.7. The predicted octanol–water partition coefficient (Wildman–Crippen LogP) is 2.96. The normalized spacial score (nSPS) is 13.1. The molecule has 20 heavy (non-hydrogen) atoms. The van der Waals surface area contributed by atoms with Crippen LogP contribution in [0.3, 0.4) is 0 Å². The number of nitrogen functional groups attached to an aromatic ring is 1. The number of rotatable bonds is 4. The van der Waals surface area contributed by atoms with Gasteiger partial charge in [0, 0.05) is 16.8 Å². The minimum absolute atomic E-state index is 0.170. The summed E-state index contributed by atoms with van der Waals surface area (Å²) in [5.74, 6) is 0. The summed E-state index contributed by atoms with van der Waals surface area (Å²) < 4.78 is 27.1. The monoisotopic (exact) mass is 310 g/mol. The third-order valence-corrected chi connectivity index (χ3v) is 4.73. The van der Waals surface area contributed by atoms with Crippen LogP contribution in [0.25, 0.3) is 0 Å². The van der Waals surface area contributed by atoms with E-state index in [0.717, 1.165) is 5.56 Å². The molecule has 2 aromatic rings. The van der Waals surface area contributed by atoms with E-state index in [1.165, 1.54) is 24.3 Å². The highest BCUT2D eigenvalue weighted by Gasteiger charge is 2.19. The van der Waals surface area contributed by atoms with Gasteiger partial charge in [-0.2, -0.15) is 0 Å². The van der Waals surface area contributed by atoms with E-state index in [1.807, 2.05) is 6.07 Å². The summed E-state index contributed by atoms with van der Waals surface area (Å²) in [6.45, 7) is 1.75. The zero-order valence-corrected chi connectivity index (χ0v) is 12.4. The lowest BCUT2D eigenvalue weighted by Crippen LogP contribution is -2.27. The number of hydrogen-bond acceptors (Lipinski definition) is 3. The van der Waals surface area contributed by atoms with Crippen molar-refractivity contribution in [2.75, 3.05) is 5.73 Å². The van der Waals surface area contributed by atoms with E-state index in [9.17, 15) is 8.42 Å². The van der Waals surface area contributed by atoms with E-state index >= 15 is 0 Å². The second-order valence-electron chi connectivity index (χ2n) is 4.43. The first-order valence-electron chi connectivity index (χ1n) is 6.02. The summed E-state index contributed by atoms with van der Waals surface area (Å²) in [5.41, 5.74) is 7.14. The number of nitrogens with two attached hydrogens (primary N) is 1. The van der Waals surface area contributed by atoms with Gasteiger partial charge in [0.1, 0.15) is 0 Å². The molecule has 4 nitrogen and oxygen atoms in total. The van der Waals surface area contributed by atoms with E-state index in [2.05, 4.69) is 4.72 Å². The summed E-state index contributed by atoms with van der Waals surface area (Å²) in [6.07, 6.45) is 0. The van der Waals surface area contributed by atoms with Gasteiger partial charge < -0.3 is 5.73 Å². The molecule has 1 atom stereocenters. The number of hydrogen-bond donors (Lipinski definition) is 2. The molecule has 0 spiro atoms. The Balaban J connectivity index is 2.24. The molecule has 0 aliphatic rings. The molecule has 0 amide bonds. The highest BCUT2D eigenvalue weighted by Crippen LogP contribution is 2.22. The molecule has 0 bridgehead atoms. The summed E-state index contributed by atoms with van der Waals surface area (Å²) in [4.78, 5) is 0.170. The van der Waals surface area contributed by atoms with Gasteiger partial charge in [-0.25, -0.2) is 13.1 Å². The van der Waals surface area contributed by atoms with Crippen molar-refractivity contribution in [2.24, 2.45) is 0 Å². The number of sulfonamides is 1. The van der Waals surface area contributed by atoms with Crippen LogP contribution in [-0.2, 0) is 10.0 Å². The van der Waals surface area contributed by atoms with Crippen molar-refractivity contribution < 1.29 is 8.42 Å². The lowest BCUT2D eigenvalue weighted by Gasteiger charge is -2.16. The van der Waals surface area contributed by atoms with Crippen LogP contribution in [0, 0.1) is 0 Å². The Morgan fingerprint density at radius 3 is 2.30 bits per heavy atom. The zero-order valence-electron chi connectivity index (χ0n) is 10.9. The lowest BCUT2D eigenvalue weighted by atomic mass is 10.1. The molecular formula is C14H15ClN2O2S. The molecule has 0 radical (unpaired) electrons. The molecule has 6 heteroatoms. The van der Waals surface area contributed by atoms with Gasteiger partial charge in [0.05, 0.1) is 4.90 Å². The molecule has 2 aromatic carbocycles. The third-order valence-electron chi connectivity index (χ3n) is 2.92. The van der Waals surface area contributed by atoms with Gasteiger partial charge in [0.25, 0.3) is 0 Å². The van der Waals surface area contributed by atoms with Gasteiger partial charge in [0.2, 0.25) is 10.0 Å². The Bertz CT molecular complexity index is 699. The smallest absolute Gasteiger partial charge is 0.241 e. The Morgan fingerprint density at radius 2 is 1.70 bits per heavy atom. The van der Waals surface area contributed by atoms with Crippen LogP contribution >= 0.6 is 11.6 Å². The van der Waals surface area contributed by atoms with Gasteiger partial charge in [-0.1, -0.05) is 29.8 Å². The van der Waals surface area contributed by atoms with Crippen molar-refractivity contribution in [1.82, 2.24) is 4.72 Å². The number of benzene rings is 2. The topological polar surface area (TPSA) is 72.2 Å². The Morgan fingerprint density at radius 1 is 1.10 bits per heavy atom. The predicted molar refractivity (Wildman–Crippen MR) is 81.0 cm³/mol. The van der Waals surface area contributed by atoms with E-state index in [4.69, 9.17) is 17.3 Å². The molecular weight excluding hydrogens is 296 g/mol. The third kappa shape index (κ3) is 3.30. The fourth-order valence-corrected chi connectivity index (χ4v) is 3.23. The molecule has 3 N–H and O–H groups in total. The van der Waals surface area contributed by atoms with E-state index in [-0.39, 0.29) is 4.90 Å². The molecule has 0 saturated heterocycles. The molecule has 2 rings (SSSR count). The second kappa shape index (κ2) is 5.83. The van der Waals surface area contributed by atoms with Crippen molar-refractivity contribution in [1.29, 1.82) is 0 Å². The maximum Gasteiger partial charge on any atom is 0.241 e. The highest BCUT2D eigenvalue weighted by molar-refractivity contribution is 7.89. The van der Waals surface area contributed by atoms with Gasteiger partial charge in [-0.05, 0) is 42.8 Å². The van der Waals surface area contributed by atoms with Crippen LogP contribution in [0.1, 0.15) is 18.5 Å². The van der Waals surface area contributed by atoms with Gasteiger partial charge in [-0.15, -0.1) is 0 Å². The minimum Gasteiger partial charge on any atom is -0.398 e. The number of anilines is 1. The van der Waals surface area contributed by atoms with Crippen molar-refractivity contribution >= 4 is 27.3 Å². The van der Waals surface area contributed by atoms with Crippen molar-refractivity contribution in [2.45, 2.75) is 17.9 Å². The molecule has 0 fully saturated rings. The minimum atomic E-state index is -3.61. The van der Waals surface area contributed by atoms with Gasteiger partial charge in [0.15, 0.2) is 0 Å². The average molecular weight is 311 g/mol. The highest BCUT2D eigenvalue weighted by atomic mass is 35.5. The van der Waals surface area contributed by atoms with Crippen LogP contribution in [0.4, 0.5) is 5.69 Å². The Hall–Kier alpha value is -1.56. The van der Waals surface area contributed by atoms with Crippen molar-refractivity contribution in [3.05, 3.63) is 59.1 Å². The first kappa shape index (κ1) is 14.8. The maximum absolute atomic E-state index is 12.2. The van der Waals surface area contributed by atoms with Gasteiger partial charge >= 0.3 is 0 Å². The first-order valence-corrected chi connectivity index (χ1v) is 7.88. The van der Waals surface area contributed by atoms with Crippen LogP contribution in [0.2, 0.25) is 5.02 Å². The van der Waals surface area contributed by atoms with Crippen molar-refractivity contribution in [3.8, 4) is 0 Å². The number of nitrogens with one attached hydrogen (secondary N) is 1. The van der Waals surface area contributed by atoms with E-state index in [0.29, 0.717) is 10.7 Å². The molecule has 1 unspecified atom stereocenters. The fourth-order valence-electron chi connectivity index (χ4n) is 1.88. The Kier molecular flexibility index (Phi) is 4.32. The molecule has 0 aliphatic carbocycles.